The number of thiophene rings is 1. The van der Waals surface area contributed by atoms with Crippen LogP contribution in [0.3, 0.4) is 0 Å². The van der Waals surface area contributed by atoms with Crippen molar-refractivity contribution in [1.29, 1.82) is 0 Å². The van der Waals surface area contributed by atoms with Crippen LogP contribution in [0.15, 0.2) is 52.0 Å². The van der Waals surface area contributed by atoms with Gasteiger partial charge in [-0.2, -0.15) is 0 Å². The summed E-state index contributed by atoms with van der Waals surface area (Å²) in [5, 5.41) is 21.2. The Hall–Kier alpha value is -3.00. The highest BCUT2D eigenvalue weighted by atomic mass is 32.1. The topological polar surface area (TPSA) is 100 Å². The van der Waals surface area contributed by atoms with Gasteiger partial charge in [-0.1, -0.05) is 18.2 Å². The maximum absolute atomic E-state index is 12.5. The fourth-order valence-corrected chi connectivity index (χ4v) is 4.32. The van der Waals surface area contributed by atoms with Crippen LogP contribution in [-0.4, -0.2) is 23.6 Å². The largest absolute Gasteiger partial charge is 0.510 e. The van der Waals surface area contributed by atoms with E-state index in [-0.39, 0.29) is 18.1 Å². The number of nitrogens with one attached hydrogen (secondary N) is 1. The van der Waals surface area contributed by atoms with Crippen LogP contribution in [0, 0.1) is 0 Å². The molecule has 1 aromatic heterocycles. The number of aryl methyl sites for hydroxylation is 1. The highest BCUT2D eigenvalue weighted by Crippen LogP contribution is 2.40. The summed E-state index contributed by atoms with van der Waals surface area (Å²) >= 11 is 1.39. The van der Waals surface area contributed by atoms with Gasteiger partial charge in [-0.15, -0.1) is 21.6 Å². The van der Waals surface area contributed by atoms with E-state index in [0.29, 0.717) is 16.3 Å². The van der Waals surface area contributed by atoms with Gasteiger partial charge in [-0.05, 0) is 57.2 Å². The van der Waals surface area contributed by atoms with Gasteiger partial charge in [0.25, 0.3) is 5.91 Å². The van der Waals surface area contributed by atoms with Crippen LogP contribution in [0.25, 0.3) is 0 Å². The first-order chi connectivity index (χ1) is 14.0. The zero-order valence-corrected chi connectivity index (χ0v) is 17.2. The van der Waals surface area contributed by atoms with Gasteiger partial charge >= 0.3 is 5.97 Å². The number of benzene rings is 1. The van der Waals surface area contributed by atoms with Crippen molar-refractivity contribution in [2.24, 2.45) is 10.2 Å². The Kier molecular flexibility index (Phi) is 6.77. The van der Waals surface area contributed by atoms with Gasteiger partial charge in [0.15, 0.2) is 10.7 Å². The first kappa shape index (κ1) is 20.7. The summed E-state index contributed by atoms with van der Waals surface area (Å²) in [7, 11) is 0. The van der Waals surface area contributed by atoms with E-state index in [1.165, 1.54) is 18.3 Å². The number of carbonyl (C=O) groups is 2. The number of esters is 1. The molecular formula is C21H23N3O4S. The van der Waals surface area contributed by atoms with Crippen molar-refractivity contribution < 1.29 is 19.4 Å². The lowest BCUT2D eigenvalue weighted by Crippen LogP contribution is -2.14. The number of rotatable bonds is 6. The number of nitrogens with zero attached hydrogens (tertiary/aromatic N) is 2. The van der Waals surface area contributed by atoms with Crippen molar-refractivity contribution >= 4 is 33.9 Å². The van der Waals surface area contributed by atoms with E-state index < -0.39 is 11.9 Å². The molecule has 1 amide bonds. The normalized spacial score (nSPS) is 14.3. The molecule has 2 N–H and O–H groups in total. The Bertz CT molecular complexity index is 960. The summed E-state index contributed by atoms with van der Waals surface area (Å²) in [6, 6.07) is 8.86. The van der Waals surface area contributed by atoms with E-state index in [1.54, 1.807) is 31.2 Å². The third-order valence-corrected chi connectivity index (χ3v) is 5.64. The lowest BCUT2D eigenvalue weighted by molar-refractivity contribution is -0.113. The van der Waals surface area contributed by atoms with Gasteiger partial charge in [0, 0.05) is 10.6 Å². The molecule has 1 heterocycles. The molecule has 1 aliphatic carbocycles. The molecule has 29 heavy (non-hydrogen) atoms. The van der Waals surface area contributed by atoms with Crippen molar-refractivity contribution in [3.05, 3.63) is 57.8 Å². The van der Waals surface area contributed by atoms with Crippen LogP contribution >= 0.6 is 11.3 Å². The maximum Gasteiger partial charge on any atom is 0.341 e. The summed E-state index contributed by atoms with van der Waals surface area (Å²) in [5.74, 6) is -1.28. The average Bonchev–Trinajstić information content (AvgIpc) is 3.07. The molecule has 1 aliphatic rings. The van der Waals surface area contributed by atoms with Crippen LogP contribution in [0.1, 0.15) is 47.5 Å². The number of anilines is 1. The van der Waals surface area contributed by atoms with Gasteiger partial charge < -0.3 is 15.2 Å². The van der Waals surface area contributed by atoms with E-state index >= 15 is 0 Å². The minimum Gasteiger partial charge on any atom is -0.510 e. The number of fused-ring (bicyclic) bond motifs is 1. The molecular weight excluding hydrogens is 390 g/mol. The molecule has 0 saturated heterocycles. The lowest BCUT2D eigenvalue weighted by Gasteiger charge is -2.11. The van der Waals surface area contributed by atoms with Crippen LogP contribution in [-0.2, 0) is 22.4 Å². The second-order valence-electron chi connectivity index (χ2n) is 6.57. The number of para-hydroxylation sites is 1. The molecule has 1 aromatic carbocycles. The van der Waals surface area contributed by atoms with E-state index in [2.05, 4.69) is 15.5 Å². The number of aliphatic hydroxyl groups is 1. The van der Waals surface area contributed by atoms with Crippen LogP contribution in [0.4, 0.5) is 10.7 Å². The van der Waals surface area contributed by atoms with E-state index in [0.717, 1.165) is 36.1 Å². The van der Waals surface area contributed by atoms with Crippen LogP contribution in [0.2, 0.25) is 0 Å². The summed E-state index contributed by atoms with van der Waals surface area (Å²) in [5.41, 5.74) is 1.75. The summed E-state index contributed by atoms with van der Waals surface area (Å²) in [4.78, 5) is 26.1. The molecule has 2 aromatic rings. The molecule has 0 fully saturated rings. The summed E-state index contributed by atoms with van der Waals surface area (Å²) in [6.07, 6.45) is 3.75. The molecule has 0 radical (unpaired) electrons. The Labute approximate surface area is 173 Å². The van der Waals surface area contributed by atoms with Crippen LogP contribution in [0.5, 0.6) is 0 Å². The molecule has 0 bridgehead atoms. The van der Waals surface area contributed by atoms with Gasteiger partial charge in [0.2, 0.25) is 0 Å². The molecule has 0 saturated carbocycles. The number of allylic oxidation sites excluding steroid dienone is 1. The summed E-state index contributed by atoms with van der Waals surface area (Å²) < 4.78 is 5.20. The lowest BCUT2D eigenvalue weighted by atomic mass is 9.95. The molecule has 152 valence electrons. The van der Waals surface area contributed by atoms with Gasteiger partial charge in [0.1, 0.15) is 11.3 Å². The van der Waals surface area contributed by atoms with Gasteiger partial charge in [-0.25, -0.2) is 4.79 Å². The smallest absolute Gasteiger partial charge is 0.341 e. The summed E-state index contributed by atoms with van der Waals surface area (Å²) in [6.45, 7) is 3.38. The zero-order valence-electron chi connectivity index (χ0n) is 16.4. The molecule has 0 atom stereocenters. The highest BCUT2D eigenvalue weighted by molar-refractivity contribution is 7.16. The first-order valence-corrected chi connectivity index (χ1v) is 10.3. The third-order valence-electron chi connectivity index (χ3n) is 4.46. The fraction of sp³-hybridized carbons (Fsp3) is 0.333. The van der Waals surface area contributed by atoms with Crippen molar-refractivity contribution in [3.8, 4) is 0 Å². The number of hydrogen-bond donors (Lipinski definition) is 2. The quantitative estimate of drug-likeness (QED) is 0.290. The molecule has 8 heteroatoms. The van der Waals surface area contributed by atoms with Crippen LogP contribution < -0.4 is 5.32 Å². The van der Waals surface area contributed by atoms with Crippen molar-refractivity contribution in [1.82, 2.24) is 0 Å². The molecule has 0 spiro atoms. The average molecular weight is 413 g/mol. The predicted octanol–water partition coefficient (Wildman–Crippen LogP) is 5.32. The number of aliphatic hydroxyl groups excluding tert-OH is 1. The minimum absolute atomic E-state index is 0.213. The van der Waals surface area contributed by atoms with E-state index in [4.69, 9.17) is 4.74 Å². The monoisotopic (exact) mass is 413 g/mol. The third kappa shape index (κ3) is 4.89. The molecule has 0 unspecified atom stereocenters. The Balaban J connectivity index is 1.90. The van der Waals surface area contributed by atoms with Crippen molar-refractivity contribution in [3.63, 3.8) is 0 Å². The number of amides is 1. The molecule has 7 nitrogen and oxygen atoms in total. The van der Waals surface area contributed by atoms with Crippen molar-refractivity contribution in [2.45, 2.75) is 39.5 Å². The standard InChI is InChI=1S/C21H23N3O4S/c1-3-28-21(27)17-15-11-7-8-12-16(15)29-20(17)24-23-18(13(2)25)19(26)22-14-9-5-4-6-10-14/h4-6,9-10,25H,3,7-8,11-12H2,1-2H3,(H,22,26). The molecule has 3 rings (SSSR count). The number of ether oxygens (including phenoxy) is 1. The number of azo groups is 1. The second kappa shape index (κ2) is 9.47. The second-order valence-corrected chi connectivity index (χ2v) is 7.65. The fourth-order valence-electron chi connectivity index (χ4n) is 3.12. The maximum atomic E-state index is 12.5. The van der Waals surface area contributed by atoms with Crippen molar-refractivity contribution in [2.75, 3.05) is 11.9 Å². The predicted molar refractivity (Wildman–Crippen MR) is 112 cm³/mol. The van der Waals surface area contributed by atoms with E-state index in [1.807, 2.05) is 6.07 Å². The van der Waals surface area contributed by atoms with Gasteiger partial charge in [0.05, 0.1) is 6.61 Å². The Morgan fingerprint density at radius 2 is 1.93 bits per heavy atom. The minimum atomic E-state index is -0.584. The van der Waals surface area contributed by atoms with Gasteiger partial charge in [-0.3, -0.25) is 4.79 Å². The number of hydrogen-bond acceptors (Lipinski definition) is 7. The van der Waals surface area contributed by atoms with E-state index in [9.17, 15) is 14.7 Å². The Morgan fingerprint density at radius 1 is 1.21 bits per heavy atom. The Morgan fingerprint density at radius 3 is 2.62 bits per heavy atom. The highest BCUT2D eigenvalue weighted by Gasteiger charge is 2.26. The SMILES string of the molecule is CCOC(=O)c1c(N=NC(C(=O)Nc2ccccc2)=C(C)O)sc2c1CCCC2. The first-order valence-electron chi connectivity index (χ1n) is 9.51. The number of carbonyl (C=O) groups excluding carboxylic acids is 2. The molecule has 0 aliphatic heterocycles. The zero-order chi connectivity index (χ0) is 20.8.